The van der Waals surface area contributed by atoms with E-state index in [1.165, 1.54) is 4.90 Å². The number of hydrogen-bond acceptors (Lipinski definition) is 3. The van der Waals surface area contributed by atoms with Crippen molar-refractivity contribution >= 4 is 20.0 Å². The first-order chi connectivity index (χ1) is 5.66. The molecule has 2 radical (unpaired) electrons. The molecule has 2 N–H and O–H groups in total. The van der Waals surface area contributed by atoms with Crippen LogP contribution < -0.4 is 5.73 Å². The third-order valence-electron chi connectivity index (χ3n) is 1.92. The van der Waals surface area contributed by atoms with Crippen molar-refractivity contribution < 1.29 is 14.2 Å². The largest absolute Gasteiger partial charge is 0.542 e. The van der Waals surface area contributed by atoms with Gasteiger partial charge in [0.05, 0.1) is 0 Å². The maximum Gasteiger partial charge on any atom is 0.378 e. The molecule has 1 aliphatic heterocycles. The molecule has 1 aliphatic rings. The van der Waals surface area contributed by atoms with Crippen LogP contribution in [0.3, 0.4) is 0 Å². The standard InChI is InChI=1S/C6H9BN2O3/c7-12-5(10)4-2-1-3-9(4)6(8)11/h4H,1-3H2,(H2,8,11)/t4-/m0/s1. The number of primary amides is 1. The lowest BCUT2D eigenvalue weighted by Crippen LogP contribution is -2.44. The van der Waals surface area contributed by atoms with Crippen LogP contribution in [0.25, 0.3) is 0 Å². The Morgan fingerprint density at radius 2 is 2.25 bits per heavy atom. The molecule has 1 heterocycles. The summed E-state index contributed by atoms with van der Waals surface area (Å²) >= 11 is 0. The molecule has 5 nitrogen and oxygen atoms in total. The van der Waals surface area contributed by atoms with Gasteiger partial charge in [-0.15, -0.1) is 0 Å². The summed E-state index contributed by atoms with van der Waals surface area (Å²) in [5.74, 6) is -0.605. The van der Waals surface area contributed by atoms with Crippen molar-refractivity contribution in [2.75, 3.05) is 6.54 Å². The quantitative estimate of drug-likeness (QED) is 0.518. The first-order valence-electron chi connectivity index (χ1n) is 3.63. The van der Waals surface area contributed by atoms with Gasteiger partial charge in [0.1, 0.15) is 6.04 Å². The first-order valence-corrected chi connectivity index (χ1v) is 3.63. The molecule has 0 aromatic rings. The molecular formula is C6H9BN2O3. The van der Waals surface area contributed by atoms with Crippen LogP contribution in [0.5, 0.6) is 0 Å². The summed E-state index contributed by atoms with van der Waals surface area (Å²) in [5.41, 5.74) is 5.02. The summed E-state index contributed by atoms with van der Waals surface area (Å²) in [5, 5.41) is 0. The van der Waals surface area contributed by atoms with Crippen LogP contribution in [0, 0.1) is 0 Å². The molecule has 0 aromatic carbocycles. The molecule has 0 aliphatic carbocycles. The normalized spacial score (nSPS) is 22.3. The van der Waals surface area contributed by atoms with E-state index in [0.29, 0.717) is 13.0 Å². The minimum atomic E-state index is -0.608. The van der Waals surface area contributed by atoms with Crippen molar-refractivity contribution in [2.45, 2.75) is 18.9 Å². The second-order valence-corrected chi connectivity index (χ2v) is 2.63. The van der Waals surface area contributed by atoms with Crippen LogP contribution in [0.1, 0.15) is 12.8 Å². The summed E-state index contributed by atoms with van der Waals surface area (Å²) in [6.07, 6.45) is 1.32. The molecule has 12 heavy (non-hydrogen) atoms. The van der Waals surface area contributed by atoms with Crippen LogP contribution in [-0.4, -0.2) is 37.5 Å². The van der Waals surface area contributed by atoms with Gasteiger partial charge in [0.25, 0.3) is 0 Å². The Morgan fingerprint density at radius 3 is 2.75 bits per heavy atom. The zero-order valence-electron chi connectivity index (χ0n) is 6.53. The topological polar surface area (TPSA) is 72.6 Å². The molecule has 64 valence electrons. The summed E-state index contributed by atoms with van der Waals surface area (Å²) in [6, 6.07) is -1.20. The van der Waals surface area contributed by atoms with E-state index in [1.54, 1.807) is 0 Å². The molecule has 0 unspecified atom stereocenters. The first kappa shape index (κ1) is 8.90. The van der Waals surface area contributed by atoms with E-state index in [9.17, 15) is 9.59 Å². The predicted octanol–water partition coefficient (Wildman–Crippen LogP) is -0.844. The van der Waals surface area contributed by atoms with Gasteiger partial charge in [-0.25, -0.2) is 4.79 Å². The van der Waals surface area contributed by atoms with E-state index >= 15 is 0 Å². The van der Waals surface area contributed by atoms with Gasteiger partial charge < -0.3 is 15.3 Å². The van der Waals surface area contributed by atoms with E-state index in [1.807, 2.05) is 0 Å². The molecular weight excluding hydrogens is 159 g/mol. The SMILES string of the molecule is [B]OC(=O)[C@@H]1CCCN1C(N)=O. The molecule has 0 saturated carbocycles. The lowest BCUT2D eigenvalue weighted by atomic mass is 10.2. The zero-order chi connectivity index (χ0) is 9.14. The van der Waals surface area contributed by atoms with Gasteiger partial charge in [-0.05, 0) is 12.8 Å². The molecule has 0 bridgehead atoms. The lowest BCUT2D eigenvalue weighted by molar-refractivity contribution is -0.138. The molecule has 2 amide bonds. The molecule has 1 saturated heterocycles. The average Bonchev–Trinajstić information content (AvgIpc) is 2.50. The number of carbonyl (C=O) groups is 2. The number of hydrogen-bond donors (Lipinski definition) is 1. The fraction of sp³-hybridized carbons (Fsp3) is 0.667. The van der Waals surface area contributed by atoms with Gasteiger partial charge >= 0.3 is 20.0 Å². The number of amides is 2. The second kappa shape index (κ2) is 3.47. The zero-order valence-corrected chi connectivity index (χ0v) is 6.53. The van der Waals surface area contributed by atoms with Crippen LogP contribution in [0.2, 0.25) is 0 Å². The molecule has 1 fully saturated rings. The number of rotatable bonds is 1. The fourth-order valence-electron chi connectivity index (χ4n) is 1.35. The Morgan fingerprint density at radius 1 is 1.58 bits per heavy atom. The van der Waals surface area contributed by atoms with Crippen molar-refractivity contribution in [2.24, 2.45) is 5.73 Å². The summed E-state index contributed by atoms with van der Waals surface area (Å²) < 4.78 is 4.03. The number of carbonyl (C=O) groups excluding carboxylic acids is 2. The van der Waals surface area contributed by atoms with Gasteiger partial charge in [-0.2, -0.15) is 0 Å². The maximum atomic E-state index is 10.9. The van der Waals surface area contributed by atoms with Crippen LogP contribution >= 0.6 is 0 Å². The van der Waals surface area contributed by atoms with Crippen molar-refractivity contribution in [1.29, 1.82) is 0 Å². The summed E-state index contributed by atoms with van der Waals surface area (Å²) in [7, 11) is 4.69. The van der Waals surface area contributed by atoms with Gasteiger partial charge in [-0.3, -0.25) is 4.79 Å². The number of urea groups is 1. The highest BCUT2D eigenvalue weighted by Gasteiger charge is 2.33. The molecule has 1 atom stereocenters. The van der Waals surface area contributed by atoms with Gasteiger partial charge in [0.15, 0.2) is 0 Å². The van der Waals surface area contributed by atoms with Gasteiger partial charge in [0.2, 0.25) is 0 Å². The third kappa shape index (κ3) is 1.52. The van der Waals surface area contributed by atoms with Gasteiger partial charge in [-0.1, -0.05) is 0 Å². The van der Waals surface area contributed by atoms with Crippen LogP contribution in [0.15, 0.2) is 0 Å². The number of nitrogens with two attached hydrogens (primary N) is 1. The third-order valence-corrected chi connectivity index (χ3v) is 1.92. The highest BCUT2D eigenvalue weighted by atomic mass is 16.5. The van der Waals surface area contributed by atoms with E-state index in [-0.39, 0.29) is 0 Å². The Hall–Kier alpha value is -1.20. The molecule has 1 rings (SSSR count). The maximum absolute atomic E-state index is 10.9. The molecule has 0 aromatic heterocycles. The highest BCUT2D eigenvalue weighted by molar-refractivity contribution is 6.06. The lowest BCUT2D eigenvalue weighted by Gasteiger charge is -2.20. The highest BCUT2D eigenvalue weighted by Crippen LogP contribution is 2.17. The minimum Gasteiger partial charge on any atom is -0.542 e. The van der Waals surface area contributed by atoms with Crippen molar-refractivity contribution in [3.05, 3.63) is 0 Å². The fourth-order valence-corrected chi connectivity index (χ4v) is 1.35. The second-order valence-electron chi connectivity index (χ2n) is 2.63. The summed E-state index contributed by atoms with van der Waals surface area (Å²) in [6.45, 7) is 0.495. The smallest absolute Gasteiger partial charge is 0.378 e. The van der Waals surface area contributed by atoms with Gasteiger partial charge in [0, 0.05) is 6.54 Å². The molecule has 6 heteroatoms. The molecule has 0 spiro atoms. The van der Waals surface area contributed by atoms with Crippen molar-refractivity contribution in [3.63, 3.8) is 0 Å². The number of likely N-dealkylation sites (tertiary alicyclic amines) is 1. The van der Waals surface area contributed by atoms with Crippen molar-refractivity contribution in [1.82, 2.24) is 4.90 Å². The van der Waals surface area contributed by atoms with E-state index in [2.05, 4.69) is 12.7 Å². The van der Waals surface area contributed by atoms with Crippen LogP contribution in [0.4, 0.5) is 4.79 Å². The Bertz CT molecular complexity index is 209. The monoisotopic (exact) mass is 168 g/mol. The van der Waals surface area contributed by atoms with E-state index in [0.717, 1.165) is 6.42 Å². The van der Waals surface area contributed by atoms with E-state index in [4.69, 9.17) is 5.73 Å². The predicted molar refractivity (Wildman–Crippen MR) is 41.2 cm³/mol. The van der Waals surface area contributed by atoms with Crippen LogP contribution in [-0.2, 0) is 9.45 Å². The Labute approximate surface area is 71.3 Å². The Balaban J connectivity index is 2.63. The van der Waals surface area contributed by atoms with E-state index < -0.39 is 18.0 Å². The van der Waals surface area contributed by atoms with Crippen molar-refractivity contribution in [3.8, 4) is 0 Å². The number of nitrogens with zero attached hydrogens (tertiary/aromatic N) is 1. The average molecular weight is 168 g/mol. The Kier molecular flexibility index (Phi) is 2.57. The minimum absolute atomic E-state index is 0.495. The summed E-state index contributed by atoms with van der Waals surface area (Å²) in [4.78, 5) is 22.9.